The summed E-state index contributed by atoms with van der Waals surface area (Å²) in [5.74, 6) is 0.317. The van der Waals surface area contributed by atoms with Crippen LogP contribution in [0.2, 0.25) is 0 Å². The Labute approximate surface area is 171 Å². The largest absolute Gasteiger partial charge is 0.335 e. The third-order valence-electron chi connectivity index (χ3n) is 6.15. The Morgan fingerprint density at radius 3 is 2.78 bits per heavy atom. The number of hydrogen-bond donors (Lipinski definition) is 1. The molecule has 27 heavy (non-hydrogen) atoms. The zero-order valence-corrected chi connectivity index (χ0v) is 17.9. The Morgan fingerprint density at radius 2 is 2.15 bits per heavy atom. The molecule has 1 N–H and O–H groups in total. The highest BCUT2D eigenvalue weighted by molar-refractivity contribution is 7.89. The average molecular weight is 434 g/mol. The Hall–Kier alpha value is -0.670. The predicted octanol–water partition coefficient (Wildman–Crippen LogP) is 2.07. The van der Waals surface area contributed by atoms with Crippen LogP contribution in [-0.4, -0.2) is 61.5 Å². The molecule has 3 fully saturated rings. The first-order valence-electron chi connectivity index (χ1n) is 9.49. The number of hydrogen-bond acceptors (Lipinski definition) is 5. The van der Waals surface area contributed by atoms with E-state index in [-0.39, 0.29) is 35.9 Å². The molecule has 1 aliphatic carbocycles. The second kappa shape index (κ2) is 8.37. The molecule has 1 unspecified atom stereocenters. The summed E-state index contributed by atoms with van der Waals surface area (Å²) in [5.41, 5.74) is 1.46. The molecule has 3 heterocycles. The number of carbonyl (C=O) groups is 1. The van der Waals surface area contributed by atoms with Crippen LogP contribution in [0.3, 0.4) is 0 Å². The smallest absolute Gasteiger partial charge is 0.224 e. The van der Waals surface area contributed by atoms with Crippen molar-refractivity contribution in [2.45, 2.75) is 44.7 Å². The molecular formula is C18H28ClN3O3S2. The van der Waals surface area contributed by atoms with Crippen LogP contribution >= 0.6 is 23.7 Å². The predicted molar refractivity (Wildman–Crippen MR) is 110 cm³/mol. The van der Waals surface area contributed by atoms with Crippen LogP contribution < -0.4 is 5.32 Å². The molecule has 0 radical (unpaired) electrons. The van der Waals surface area contributed by atoms with Gasteiger partial charge in [-0.1, -0.05) is 0 Å². The van der Waals surface area contributed by atoms with Crippen LogP contribution in [0.25, 0.3) is 0 Å². The van der Waals surface area contributed by atoms with Crippen molar-refractivity contribution in [2.75, 3.05) is 31.9 Å². The molecule has 0 aromatic carbocycles. The average Bonchev–Trinajstić information content (AvgIpc) is 2.98. The minimum absolute atomic E-state index is 0. The highest BCUT2D eigenvalue weighted by Gasteiger charge is 2.57. The van der Waals surface area contributed by atoms with Crippen molar-refractivity contribution in [1.82, 2.24) is 14.5 Å². The molecule has 2 aliphatic heterocycles. The Balaban J connectivity index is 0.00000210. The van der Waals surface area contributed by atoms with Gasteiger partial charge >= 0.3 is 0 Å². The molecule has 2 saturated heterocycles. The maximum Gasteiger partial charge on any atom is 0.224 e. The van der Waals surface area contributed by atoms with E-state index in [2.05, 4.69) is 16.8 Å². The highest BCUT2D eigenvalue weighted by atomic mass is 35.5. The maximum atomic E-state index is 13.0. The second-order valence-corrected chi connectivity index (χ2v) is 10.7. The van der Waals surface area contributed by atoms with Crippen molar-refractivity contribution < 1.29 is 13.2 Å². The molecular weight excluding hydrogens is 406 g/mol. The third kappa shape index (κ3) is 4.50. The topological polar surface area (TPSA) is 69.7 Å². The molecule has 9 heteroatoms. The van der Waals surface area contributed by atoms with Gasteiger partial charge in [-0.15, -0.1) is 12.4 Å². The summed E-state index contributed by atoms with van der Waals surface area (Å²) in [4.78, 5) is 15.1. The summed E-state index contributed by atoms with van der Waals surface area (Å²) >= 11 is 1.65. The van der Waals surface area contributed by atoms with Crippen molar-refractivity contribution in [1.29, 1.82) is 0 Å². The van der Waals surface area contributed by atoms with E-state index in [1.54, 1.807) is 11.3 Å². The standard InChI is InChI=1S/C18H27N3O3S2.ClH/c22-17(2-9-20-8-1-11-26(20,23)24)21(13-15-3-10-25-14-15)16-12-18(16)4-6-19-7-5-18;/h3,10,14,16,19H,1-2,4-9,11-13H2;1H. The van der Waals surface area contributed by atoms with Crippen molar-refractivity contribution in [3.8, 4) is 0 Å². The fourth-order valence-corrected chi connectivity index (χ4v) is 6.68. The zero-order chi connectivity index (χ0) is 18.2. The monoisotopic (exact) mass is 433 g/mol. The summed E-state index contributed by atoms with van der Waals surface area (Å²) in [7, 11) is -3.13. The van der Waals surface area contributed by atoms with Crippen LogP contribution in [0.15, 0.2) is 16.8 Å². The van der Waals surface area contributed by atoms with Gasteiger partial charge in [-0.2, -0.15) is 11.3 Å². The molecule has 6 nitrogen and oxygen atoms in total. The number of amides is 1. The molecule has 1 spiro atoms. The summed E-state index contributed by atoms with van der Waals surface area (Å²) in [6, 6.07) is 2.39. The first-order valence-corrected chi connectivity index (χ1v) is 12.0. The number of piperidine rings is 1. The summed E-state index contributed by atoms with van der Waals surface area (Å²) in [6.07, 6.45) is 4.31. The van der Waals surface area contributed by atoms with E-state index >= 15 is 0 Å². The van der Waals surface area contributed by atoms with Gasteiger partial charge in [0.15, 0.2) is 0 Å². The van der Waals surface area contributed by atoms with Crippen LogP contribution in [0, 0.1) is 5.41 Å². The molecule has 152 valence electrons. The molecule has 1 atom stereocenters. The molecule has 3 aliphatic rings. The van der Waals surface area contributed by atoms with Gasteiger partial charge in [0, 0.05) is 32.1 Å². The van der Waals surface area contributed by atoms with E-state index in [0.717, 1.165) is 32.4 Å². The van der Waals surface area contributed by atoms with Gasteiger partial charge in [0.25, 0.3) is 0 Å². The quantitative estimate of drug-likeness (QED) is 0.745. The minimum Gasteiger partial charge on any atom is -0.335 e. The molecule has 1 aromatic rings. The lowest BCUT2D eigenvalue weighted by atomic mass is 9.93. The minimum atomic E-state index is -3.13. The molecule has 0 bridgehead atoms. The fourth-order valence-electron chi connectivity index (χ4n) is 4.49. The number of thiophene rings is 1. The fraction of sp³-hybridized carbons (Fsp3) is 0.722. The van der Waals surface area contributed by atoms with Crippen molar-refractivity contribution in [3.05, 3.63) is 22.4 Å². The molecule has 1 amide bonds. The van der Waals surface area contributed by atoms with Crippen molar-refractivity contribution >= 4 is 39.7 Å². The number of nitrogens with zero attached hydrogens (tertiary/aromatic N) is 2. The van der Waals surface area contributed by atoms with Gasteiger partial charge in [-0.05, 0) is 66.6 Å². The lowest BCUT2D eigenvalue weighted by Crippen LogP contribution is -2.40. The molecule has 1 saturated carbocycles. The third-order valence-corrected chi connectivity index (χ3v) is 8.84. The van der Waals surface area contributed by atoms with Crippen LogP contribution in [0.4, 0.5) is 0 Å². The van der Waals surface area contributed by atoms with Gasteiger partial charge in [0.2, 0.25) is 15.9 Å². The van der Waals surface area contributed by atoms with E-state index in [1.165, 1.54) is 9.87 Å². The summed E-state index contributed by atoms with van der Waals surface area (Å²) in [6.45, 7) is 3.59. The van der Waals surface area contributed by atoms with Crippen LogP contribution in [0.5, 0.6) is 0 Å². The molecule has 4 rings (SSSR count). The van der Waals surface area contributed by atoms with Gasteiger partial charge in [0.05, 0.1) is 5.75 Å². The first-order chi connectivity index (χ1) is 12.5. The number of nitrogens with one attached hydrogen (secondary N) is 1. The lowest BCUT2D eigenvalue weighted by molar-refractivity contribution is -0.133. The van der Waals surface area contributed by atoms with Crippen LogP contribution in [0.1, 0.15) is 37.7 Å². The van der Waals surface area contributed by atoms with E-state index in [4.69, 9.17) is 0 Å². The van der Waals surface area contributed by atoms with Crippen molar-refractivity contribution in [3.63, 3.8) is 0 Å². The lowest BCUT2D eigenvalue weighted by Gasteiger charge is -2.30. The number of carbonyl (C=O) groups excluding carboxylic acids is 1. The van der Waals surface area contributed by atoms with Crippen molar-refractivity contribution in [2.24, 2.45) is 5.41 Å². The van der Waals surface area contributed by atoms with E-state index in [0.29, 0.717) is 32.1 Å². The maximum absolute atomic E-state index is 13.0. The first kappa shape index (κ1) is 21.0. The van der Waals surface area contributed by atoms with Gasteiger partial charge in [0.1, 0.15) is 0 Å². The second-order valence-electron chi connectivity index (χ2n) is 7.80. The summed E-state index contributed by atoms with van der Waals surface area (Å²) in [5, 5.41) is 7.55. The van der Waals surface area contributed by atoms with Gasteiger partial charge < -0.3 is 10.2 Å². The van der Waals surface area contributed by atoms with E-state index < -0.39 is 10.0 Å². The van der Waals surface area contributed by atoms with E-state index in [1.807, 2.05) is 10.3 Å². The van der Waals surface area contributed by atoms with Crippen LogP contribution in [-0.2, 0) is 21.4 Å². The Morgan fingerprint density at radius 1 is 1.37 bits per heavy atom. The van der Waals surface area contributed by atoms with E-state index in [9.17, 15) is 13.2 Å². The zero-order valence-electron chi connectivity index (χ0n) is 15.4. The number of sulfonamides is 1. The summed E-state index contributed by atoms with van der Waals surface area (Å²) < 4.78 is 25.5. The number of halogens is 1. The number of rotatable bonds is 6. The van der Waals surface area contributed by atoms with Gasteiger partial charge in [-0.25, -0.2) is 12.7 Å². The normalized spacial score (nSPS) is 25.9. The SMILES string of the molecule is Cl.O=C(CCN1CCCS1(=O)=O)N(Cc1ccsc1)C1CC12CCNCC2. The van der Waals surface area contributed by atoms with Gasteiger partial charge in [-0.3, -0.25) is 4.79 Å². The molecule has 1 aromatic heterocycles. The highest BCUT2D eigenvalue weighted by Crippen LogP contribution is 2.56. The Kier molecular flexibility index (Phi) is 6.52. The Bertz CT molecular complexity index is 748.